The summed E-state index contributed by atoms with van der Waals surface area (Å²) in [6, 6.07) is 0. The summed E-state index contributed by atoms with van der Waals surface area (Å²) in [7, 11) is -0.614. The second-order valence-corrected chi connectivity index (χ2v) is 5.70. The fourth-order valence-corrected chi connectivity index (χ4v) is 1.87. The SMILES string of the molecule is CC1(C)OB(c2ncc(Cl)nc2Cl)OC1(C)C. The Morgan fingerprint density at radius 2 is 1.65 bits per heavy atom. The van der Waals surface area contributed by atoms with Crippen LogP contribution in [-0.2, 0) is 9.31 Å². The Balaban J connectivity index is 2.32. The quantitative estimate of drug-likeness (QED) is 0.736. The van der Waals surface area contributed by atoms with Crippen LogP contribution in [0.1, 0.15) is 27.7 Å². The Morgan fingerprint density at radius 1 is 1.12 bits per heavy atom. The maximum Gasteiger partial charge on any atom is 0.517 e. The van der Waals surface area contributed by atoms with Crippen molar-refractivity contribution in [1.29, 1.82) is 0 Å². The van der Waals surface area contributed by atoms with Crippen LogP contribution in [0.5, 0.6) is 0 Å². The second-order valence-electron chi connectivity index (χ2n) is 4.96. The zero-order chi connectivity index (χ0) is 12.8. The molecular weight excluding hydrogens is 262 g/mol. The Labute approximate surface area is 111 Å². The number of nitrogens with zero attached hydrogens (tertiary/aromatic N) is 2. The van der Waals surface area contributed by atoms with E-state index in [1.54, 1.807) is 0 Å². The average molecular weight is 275 g/mol. The van der Waals surface area contributed by atoms with Crippen molar-refractivity contribution in [2.75, 3.05) is 0 Å². The third-order valence-electron chi connectivity index (χ3n) is 3.20. The molecule has 0 spiro atoms. The fourth-order valence-electron chi connectivity index (χ4n) is 1.47. The van der Waals surface area contributed by atoms with Crippen molar-refractivity contribution >= 4 is 35.9 Å². The molecule has 1 aromatic heterocycles. The summed E-state index contributed by atoms with van der Waals surface area (Å²) >= 11 is 11.7. The van der Waals surface area contributed by atoms with Crippen LogP contribution in [0.4, 0.5) is 0 Å². The number of hydrogen-bond donors (Lipinski definition) is 0. The molecule has 2 rings (SSSR count). The van der Waals surface area contributed by atoms with E-state index in [1.807, 2.05) is 27.7 Å². The molecule has 2 heterocycles. The Morgan fingerprint density at radius 3 is 2.12 bits per heavy atom. The molecule has 92 valence electrons. The molecule has 7 heteroatoms. The summed E-state index contributed by atoms with van der Waals surface area (Å²) in [5.41, 5.74) is -0.403. The number of rotatable bonds is 1. The molecule has 0 unspecified atom stereocenters. The zero-order valence-corrected chi connectivity index (χ0v) is 11.6. The van der Waals surface area contributed by atoms with Crippen molar-refractivity contribution in [3.63, 3.8) is 0 Å². The summed E-state index contributed by atoms with van der Waals surface area (Å²) in [4.78, 5) is 8.04. The molecule has 0 aliphatic carbocycles. The van der Waals surface area contributed by atoms with Crippen LogP contribution < -0.4 is 5.59 Å². The molecule has 0 N–H and O–H groups in total. The minimum atomic E-state index is -0.614. The highest BCUT2D eigenvalue weighted by Gasteiger charge is 2.53. The van der Waals surface area contributed by atoms with Crippen molar-refractivity contribution in [3.05, 3.63) is 16.5 Å². The molecule has 0 bridgehead atoms. The van der Waals surface area contributed by atoms with Gasteiger partial charge in [0.05, 0.1) is 17.4 Å². The third-order valence-corrected chi connectivity index (χ3v) is 3.66. The molecule has 17 heavy (non-hydrogen) atoms. The first-order chi connectivity index (χ1) is 7.73. The lowest BCUT2D eigenvalue weighted by Gasteiger charge is -2.32. The van der Waals surface area contributed by atoms with Crippen molar-refractivity contribution < 1.29 is 9.31 Å². The van der Waals surface area contributed by atoms with Crippen LogP contribution in [0.3, 0.4) is 0 Å². The molecule has 1 fully saturated rings. The fraction of sp³-hybridized carbons (Fsp3) is 0.600. The maximum absolute atomic E-state index is 5.98. The van der Waals surface area contributed by atoms with Crippen LogP contribution in [0.15, 0.2) is 6.20 Å². The smallest absolute Gasteiger partial charge is 0.398 e. The molecular formula is C10H13BCl2N2O2. The highest BCUT2D eigenvalue weighted by molar-refractivity contribution is 6.64. The van der Waals surface area contributed by atoms with Gasteiger partial charge in [0.25, 0.3) is 0 Å². The van der Waals surface area contributed by atoms with E-state index in [9.17, 15) is 0 Å². The summed E-state index contributed by atoms with van der Waals surface area (Å²) in [6.07, 6.45) is 1.42. The minimum absolute atomic E-state index is 0.205. The van der Waals surface area contributed by atoms with Crippen LogP contribution >= 0.6 is 23.2 Å². The van der Waals surface area contributed by atoms with Crippen molar-refractivity contribution in [2.45, 2.75) is 38.9 Å². The molecule has 1 aliphatic rings. The van der Waals surface area contributed by atoms with Gasteiger partial charge in [0, 0.05) is 0 Å². The summed E-state index contributed by atoms with van der Waals surface area (Å²) < 4.78 is 11.6. The van der Waals surface area contributed by atoms with Crippen molar-refractivity contribution in [3.8, 4) is 0 Å². The summed E-state index contributed by atoms with van der Waals surface area (Å²) in [6.45, 7) is 7.85. The molecule has 1 aromatic rings. The first kappa shape index (κ1) is 13.1. The lowest BCUT2D eigenvalue weighted by Crippen LogP contribution is -2.41. The van der Waals surface area contributed by atoms with Gasteiger partial charge in [-0.05, 0) is 27.7 Å². The molecule has 0 saturated carbocycles. The standard InChI is InChI=1S/C10H13BCl2N2O2/c1-9(2)10(3,4)17-11(16-9)7-8(13)15-6(12)5-14-7/h5H,1-4H3. The van der Waals surface area contributed by atoms with E-state index in [0.29, 0.717) is 5.59 Å². The molecule has 0 atom stereocenters. The summed E-state index contributed by atoms with van der Waals surface area (Å²) in [5.74, 6) is 0. The van der Waals surface area contributed by atoms with E-state index in [2.05, 4.69) is 9.97 Å². The van der Waals surface area contributed by atoms with Gasteiger partial charge >= 0.3 is 7.12 Å². The van der Waals surface area contributed by atoms with E-state index < -0.39 is 18.3 Å². The topological polar surface area (TPSA) is 44.2 Å². The minimum Gasteiger partial charge on any atom is -0.398 e. The van der Waals surface area contributed by atoms with Gasteiger partial charge in [-0.3, -0.25) is 4.98 Å². The Kier molecular flexibility index (Phi) is 3.15. The van der Waals surface area contributed by atoms with Gasteiger partial charge in [0.15, 0.2) is 0 Å². The van der Waals surface area contributed by atoms with Crippen LogP contribution in [0.25, 0.3) is 0 Å². The van der Waals surface area contributed by atoms with Crippen LogP contribution in [-0.4, -0.2) is 28.3 Å². The van der Waals surface area contributed by atoms with Crippen LogP contribution in [0.2, 0.25) is 10.3 Å². The number of aromatic nitrogens is 2. The van der Waals surface area contributed by atoms with Gasteiger partial charge in [-0.1, -0.05) is 23.2 Å². The number of halogens is 2. The highest BCUT2D eigenvalue weighted by Crippen LogP contribution is 2.36. The lowest BCUT2D eigenvalue weighted by molar-refractivity contribution is 0.00578. The van der Waals surface area contributed by atoms with Gasteiger partial charge in [0.1, 0.15) is 15.9 Å². The van der Waals surface area contributed by atoms with E-state index >= 15 is 0 Å². The Bertz CT molecular complexity index is 438. The van der Waals surface area contributed by atoms with E-state index in [1.165, 1.54) is 6.20 Å². The maximum atomic E-state index is 5.98. The van der Waals surface area contributed by atoms with Gasteiger partial charge < -0.3 is 9.31 Å². The van der Waals surface area contributed by atoms with Crippen molar-refractivity contribution in [1.82, 2.24) is 9.97 Å². The van der Waals surface area contributed by atoms with Gasteiger partial charge in [-0.2, -0.15) is 0 Å². The molecule has 4 nitrogen and oxygen atoms in total. The highest BCUT2D eigenvalue weighted by atomic mass is 35.5. The second kappa shape index (κ2) is 4.09. The predicted octanol–water partition coefficient (Wildman–Crippen LogP) is 2.08. The Hall–Kier alpha value is -0.355. The molecule has 0 radical (unpaired) electrons. The first-order valence-electron chi connectivity index (χ1n) is 5.26. The van der Waals surface area contributed by atoms with Gasteiger partial charge in [-0.25, -0.2) is 4.98 Å². The molecule has 0 aromatic carbocycles. The summed E-state index contributed by atoms with van der Waals surface area (Å²) in [5, 5.41) is 0.450. The largest absolute Gasteiger partial charge is 0.517 e. The van der Waals surface area contributed by atoms with Crippen molar-refractivity contribution in [2.24, 2.45) is 0 Å². The van der Waals surface area contributed by atoms with Gasteiger partial charge in [0.2, 0.25) is 0 Å². The van der Waals surface area contributed by atoms with Gasteiger partial charge in [-0.15, -0.1) is 0 Å². The third kappa shape index (κ3) is 2.29. The molecule has 1 saturated heterocycles. The monoisotopic (exact) mass is 274 g/mol. The zero-order valence-electron chi connectivity index (χ0n) is 10.1. The lowest BCUT2D eigenvalue weighted by atomic mass is 9.85. The predicted molar refractivity (Wildman–Crippen MR) is 67.8 cm³/mol. The van der Waals surface area contributed by atoms with E-state index in [4.69, 9.17) is 32.5 Å². The molecule has 1 aliphatic heterocycles. The normalized spacial score (nSPS) is 21.9. The van der Waals surface area contributed by atoms with E-state index in [-0.39, 0.29) is 10.3 Å². The number of hydrogen-bond acceptors (Lipinski definition) is 4. The van der Waals surface area contributed by atoms with Crippen LogP contribution in [0, 0.1) is 0 Å². The molecule has 0 amide bonds. The average Bonchev–Trinajstić information content (AvgIpc) is 2.35. The van der Waals surface area contributed by atoms with E-state index in [0.717, 1.165) is 0 Å². The first-order valence-corrected chi connectivity index (χ1v) is 6.02.